The molecule has 0 heterocycles. The zero-order chi connectivity index (χ0) is 7.33. The van der Waals surface area contributed by atoms with Crippen LogP contribution >= 0.6 is 11.6 Å². The molecule has 1 unspecified atom stereocenters. The molecule has 3 heteroatoms. The molecular weight excluding hydrogens is 138 g/mol. The van der Waals surface area contributed by atoms with E-state index in [1.54, 1.807) is 0 Å². The Hall–Kier alpha value is -0.330. The van der Waals surface area contributed by atoms with E-state index in [9.17, 15) is 4.79 Å². The SMILES string of the molecule is CCC(C)(Cl)CN=C=O. The van der Waals surface area contributed by atoms with E-state index in [0.717, 1.165) is 6.42 Å². The molecule has 0 saturated heterocycles. The average Bonchev–Trinajstić information content (AvgIpc) is 1.84. The molecule has 0 bridgehead atoms. The van der Waals surface area contributed by atoms with Gasteiger partial charge in [0.25, 0.3) is 0 Å². The molecule has 2 nitrogen and oxygen atoms in total. The Kier molecular flexibility index (Phi) is 3.52. The molecule has 0 fully saturated rings. The van der Waals surface area contributed by atoms with Crippen LogP contribution in [-0.4, -0.2) is 17.5 Å². The van der Waals surface area contributed by atoms with E-state index in [2.05, 4.69) is 4.99 Å². The second kappa shape index (κ2) is 3.65. The van der Waals surface area contributed by atoms with Crippen molar-refractivity contribution < 1.29 is 4.79 Å². The Morgan fingerprint density at radius 1 is 1.78 bits per heavy atom. The number of halogens is 1. The van der Waals surface area contributed by atoms with E-state index in [0.29, 0.717) is 6.54 Å². The van der Waals surface area contributed by atoms with Crippen molar-refractivity contribution >= 4 is 17.7 Å². The number of aliphatic imine (C=N–C) groups is 1. The van der Waals surface area contributed by atoms with Gasteiger partial charge in [0.15, 0.2) is 0 Å². The minimum atomic E-state index is -0.364. The highest BCUT2D eigenvalue weighted by Crippen LogP contribution is 2.17. The van der Waals surface area contributed by atoms with Crippen LogP contribution in [-0.2, 0) is 4.79 Å². The largest absolute Gasteiger partial charge is 0.235 e. The van der Waals surface area contributed by atoms with Crippen molar-refractivity contribution in [1.29, 1.82) is 0 Å². The van der Waals surface area contributed by atoms with Gasteiger partial charge in [-0.05, 0) is 13.3 Å². The van der Waals surface area contributed by atoms with Crippen molar-refractivity contribution in [1.82, 2.24) is 0 Å². The van der Waals surface area contributed by atoms with Crippen LogP contribution in [0.15, 0.2) is 4.99 Å². The predicted molar refractivity (Wildman–Crippen MR) is 37.5 cm³/mol. The summed E-state index contributed by atoms with van der Waals surface area (Å²) in [6.07, 6.45) is 2.25. The van der Waals surface area contributed by atoms with Crippen LogP contribution in [0.1, 0.15) is 20.3 Å². The summed E-state index contributed by atoms with van der Waals surface area (Å²) in [7, 11) is 0. The first-order valence-electron chi connectivity index (χ1n) is 2.85. The molecule has 0 aromatic heterocycles. The number of nitrogens with zero attached hydrogens (tertiary/aromatic N) is 1. The van der Waals surface area contributed by atoms with Crippen molar-refractivity contribution in [3.05, 3.63) is 0 Å². The molecule has 0 aliphatic carbocycles. The fourth-order valence-corrected chi connectivity index (χ4v) is 0.369. The smallest absolute Gasteiger partial charge is 0.211 e. The first-order valence-corrected chi connectivity index (χ1v) is 3.23. The van der Waals surface area contributed by atoms with E-state index in [1.165, 1.54) is 6.08 Å². The maximum atomic E-state index is 9.62. The summed E-state index contributed by atoms with van der Waals surface area (Å²) in [6, 6.07) is 0. The molecule has 0 radical (unpaired) electrons. The third-order valence-corrected chi connectivity index (χ3v) is 1.60. The molecule has 1 atom stereocenters. The van der Waals surface area contributed by atoms with Gasteiger partial charge >= 0.3 is 0 Å². The molecule has 0 N–H and O–H groups in total. The standard InChI is InChI=1S/C6H10ClNO/c1-3-6(2,7)4-8-5-9/h3-4H2,1-2H3. The second-order valence-electron chi connectivity index (χ2n) is 2.17. The monoisotopic (exact) mass is 147 g/mol. The molecule has 52 valence electrons. The van der Waals surface area contributed by atoms with Crippen LogP contribution in [0, 0.1) is 0 Å². The van der Waals surface area contributed by atoms with E-state index >= 15 is 0 Å². The summed E-state index contributed by atoms with van der Waals surface area (Å²) in [6.45, 7) is 4.15. The number of alkyl halides is 1. The maximum Gasteiger partial charge on any atom is 0.235 e. The molecule has 0 aromatic rings. The van der Waals surface area contributed by atoms with Gasteiger partial charge in [0, 0.05) is 0 Å². The third kappa shape index (κ3) is 4.19. The van der Waals surface area contributed by atoms with Crippen LogP contribution in [0.4, 0.5) is 0 Å². The lowest BCUT2D eigenvalue weighted by atomic mass is 10.1. The van der Waals surface area contributed by atoms with Crippen molar-refractivity contribution in [3.8, 4) is 0 Å². The highest BCUT2D eigenvalue weighted by Gasteiger charge is 2.16. The quantitative estimate of drug-likeness (QED) is 0.340. The van der Waals surface area contributed by atoms with E-state index in [1.807, 2.05) is 13.8 Å². The predicted octanol–water partition coefficient (Wildman–Crippen LogP) is 1.73. The molecule has 0 rings (SSSR count). The second-order valence-corrected chi connectivity index (χ2v) is 3.09. The van der Waals surface area contributed by atoms with Crippen molar-refractivity contribution in [2.75, 3.05) is 6.54 Å². The molecule has 0 saturated carbocycles. The Labute approximate surface area is 59.9 Å². The van der Waals surface area contributed by atoms with Gasteiger partial charge in [-0.15, -0.1) is 11.6 Å². The normalized spacial score (nSPS) is 15.9. The van der Waals surface area contributed by atoms with Gasteiger partial charge in [-0.25, -0.2) is 9.79 Å². The van der Waals surface area contributed by atoms with Gasteiger partial charge in [-0.2, -0.15) is 0 Å². The number of rotatable bonds is 3. The summed E-state index contributed by atoms with van der Waals surface area (Å²) in [5.41, 5.74) is 0. The summed E-state index contributed by atoms with van der Waals surface area (Å²) >= 11 is 5.83. The molecule has 0 aliphatic rings. The zero-order valence-electron chi connectivity index (χ0n) is 5.65. The van der Waals surface area contributed by atoms with Crippen molar-refractivity contribution in [3.63, 3.8) is 0 Å². The van der Waals surface area contributed by atoms with Gasteiger partial charge in [0.1, 0.15) is 0 Å². The maximum absolute atomic E-state index is 9.62. The van der Waals surface area contributed by atoms with Crippen LogP contribution in [0.5, 0.6) is 0 Å². The average molecular weight is 148 g/mol. The van der Waals surface area contributed by atoms with Crippen LogP contribution in [0.25, 0.3) is 0 Å². The summed E-state index contributed by atoms with van der Waals surface area (Å²) in [5.74, 6) is 0. The van der Waals surface area contributed by atoms with E-state index in [4.69, 9.17) is 11.6 Å². The lowest BCUT2D eigenvalue weighted by molar-refractivity contribution is 0.555. The van der Waals surface area contributed by atoms with Crippen LogP contribution in [0.2, 0.25) is 0 Å². The highest BCUT2D eigenvalue weighted by molar-refractivity contribution is 6.23. The van der Waals surface area contributed by atoms with Crippen molar-refractivity contribution in [2.24, 2.45) is 4.99 Å². The topological polar surface area (TPSA) is 29.4 Å². The first kappa shape index (κ1) is 8.67. The molecule has 9 heavy (non-hydrogen) atoms. The molecular formula is C6H10ClNO. The number of isocyanates is 1. The van der Waals surface area contributed by atoms with Gasteiger partial charge in [-0.1, -0.05) is 6.92 Å². The Morgan fingerprint density at radius 3 is 2.67 bits per heavy atom. The van der Waals surface area contributed by atoms with Crippen molar-refractivity contribution in [2.45, 2.75) is 25.1 Å². The minimum absolute atomic E-state index is 0.356. The fourth-order valence-electron chi connectivity index (χ4n) is 0.309. The highest BCUT2D eigenvalue weighted by atomic mass is 35.5. The molecule has 0 spiro atoms. The van der Waals surface area contributed by atoms with Gasteiger partial charge in [-0.3, -0.25) is 0 Å². The van der Waals surface area contributed by atoms with Gasteiger partial charge in [0.05, 0.1) is 11.4 Å². The number of carbonyl (C=O) groups excluding carboxylic acids is 1. The molecule has 0 amide bonds. The first-order chi connectivity index (χ1) is 4.12. The summed E-state index contributed by atoms with van der Waals surface area (Å²) in [5, 5.41) is 0. The Balaban J connectivity index is 3.71. The lowest BCUT2D eigenvalue weighted by Crippen LogP contribution is -2.18. The zero-order valence-corrected chi connectivity index (χ0v) is 6.40. The Morgan fingerprint density at radius 2 is 2.33 bits per heavy atom. The minimum Gasteiger partial charge on any atom is -0.211 e. The van der Waals surface area contributed by atoms with E-state index < -0.39 is 0 Å². The molecule has 0 aromatic carbocycles. The number of hydrogen-bond acceptors (Lipinski definition) is 2. The number of hydrogen-bond donors (Lipinski definition) is 0. The van der Waals surface area contributed by atoms with Gasteiger partial charge in [0.2, 0.25) is 6.08 Å². The third-order valence-electron chi connectivity index (χ3n) is 1.21. The lowest BCUT2D eigenvalue weighted by Gasteiger charge is -2.14. The van der Waals surface area contributed by atoms with E-state index in [-0.39, 0.29) is 4.87 Å². The van der Waals surface area contributed by atoms with Crippen LogP contribution in [0.3, 0.4) is 0 Å². The summed E-state index contributed by atoms with van der Waals surface area (Å²) < 4.78 is 0. The molecule has 0 aliphatic heterocycles. The summed E-state index contributed by atoms with van der Waals surface area (Å²) in [4.78, 5) is 12.6. The van der Waals surface area contributed by atoms with Crippen LogP contribution < -0.4 is 0 Å². The van der Waals surface area contributed by atoms with Gasteiger partial charge < -0.3 is 0 Å². The Bertz CT molecular complexity index is 127. The fraction of sp³-hybridized carbons (Fsp3) is 0.833.